The van der Waals surface area contributed by atoms with E-state index in [0.717, 1.165) is 16.6 Å². The first-order chi connectivity index (χ1) is 11.3. The molecule has 23 heavy (non-hydrogen) atoms. The lowest BCUT2D eigenvalue weighted by molar-refractivity contribution is 0.475. The molecule has 0 saturated carbocycles. The highest BCUT2D eigenvalue weighted by Gasteiger charge is 2.05. The summed E-state index contributed by atoms with van der Waals surface area (Å²) in [6.45, 7) is 12.0. The van der Waals surface area contributed by atoms with E-state index in [2.05, 4.69) is 0 Å². The number of aromatic hydroxyl groups is 2. The molecular formula is C20H29NO2. The first-order valence-corrected chi connectivity index (χ1v) is 8.34. The highest BCUT2D eigenvalue weighted by molar-refractivity contribution is 5.87. The third kappa shape index (κ3) is 5.06. The van der Waals surface area contributed by atoms with E-state index < -0.39 is 0 Å². The zero-order valence-corrected chi connectivity index (χ0v) is 15.0. The molecule has 0 aliphatic heterocycles. The Hall–Kier alpha value is -2.42. The van der Waals surface area contributed by atoms with E-state index in [9.17, 15) is 10.2 Å². The van der Waals surface area contributed by atoms with Crippen molar-refractivity contribution in [1.82, 2.24) is 4.57 Å². The van der Waals surface area contributed by atoms with Crippen LogP contribution in [0.25, 0.3) is 16.6 Å². The van der Waals surface area contributed by atoms with E-state index >= 15 is 0 Å². The number of fused-ring (bicyclic) bond motifs is 1. The Bertz CT molecular complexity index is 670. The minimum atomic E-state index is 0.244. The van der Waals surface area contributed by atoms with Gasteiger partial charge in [0.2, 0.25) is 0 Å². The van der Waals surface area contributed by atoms with E-state index in [1.54, 1.807) is 18.2 Å². The zero-order valence-electron chi connectivity index (χ0n) is 15.0. The molecule has 0 aliphatic rings. The SMILES string of the molecule is CC.CC.CC.Oc1ccc(-n2ccc3c(O)cccc32)cc1. The predicted octanol–water partition coefficient (Wildman–Crippen LogP) is 6.12. The molecule has 3 nitrogen and oxygen atoms in total. The average Bonchev–Trinajstić information content (AvgIpc) is 3.06. The van der Waals surface area contributed by atoms with Crippen LogP contribution in [0.2, 0.25) is 0 Å². The molecule has 0 atom stereocenters. The largest absolute Gasteiger partial charge is 0.508 e. The van der Waals surface area contributed by atoms with Crippen LogP contribution in [0.1, 0.15) is 41.5 Å². The molecule has 0 amide bonds. The maximum atomic E-state index is 9.72. The first-order valence-electron chi connectivity index (χ1n) is 8.34. The second-order valence-electron chi connectivity index (χ2n) is 3.91. The quantitative estimate of drug-likeness (QED) is 0.568. The van der Waals surface area contributed by atoms with Crippen LogP contribution in [-0.4, -0.2) is 14.8 Å². The Balaban J connectivity index is 0.000000728. The maximum absolute atomic E-state index is 9.72. The summed E-state index contributed by atoms with van der Waals surface area (Å²) in [5.74, 6) is 0.521. The molecule has 0 fully saturated rings. The molecule has 0 bridgehead atoms. The van der Waals surface area contributed by atoms with E-state index in [4.69, 9.17) is 0 Å². The van der Waals surface area contributed by atoms with Gasteiger partial charge in [0.1, 0.15) is 11.5 Å². The van der Waals surface area contributed by atoms with Crippen molar-refractivity contribution >= 4 is 10.9 Å². The van der Waals surface area contributed by atoms with Crippen LogP contribution in [0.5, 0.6) is 11.5 Å². The van der Waals surface area contributed by atoms with E-state index in [1.807, 2.05) is 82.6 Å². The third-order valence-corrected chi connectivity index (χ3v) is 2.84. The summed E-state index contributed by atoms with van der Waals surface area (Å²) in [5, 5.41) is 19.8. The van der Waals surface area contributed by atoms with Crippen LogP contribution in [0.4, 0.5) is 0 Å². The van der Waals surface area contributed by atoms with E-state index in [1.165, 1.54) is 0 Å². The van der Waals surface area contributed by atoms with Crippen LogP contribution in [0, 0.1) is 0 Å². The summed E-state index contributed by atoms with van der Waals surface area (Å²) in [4.78, 5) is 0. The molecule has 2 aromatic carbocycles. The van der Waals surface area contributed by atoms with Gasteiger partial charge in [0.15, 0.2) is 0 Å². The van der Waals surface area contributed by atoms with Crippen molar-refractivity contribution in [2.45, 2.75) is 41.5 Å². The number of phenolic OH excluding ortho intramolecular Hbond substituents is 2. The summed E-state index contributed by atoms with van der Waals surface area (Å²) in [6, 6.07) is 14.3. The molecule has 126 valence electrons. The average molecular weight is 315 g/mol. The fraction of sp³-hybridized carbons (Fsp3) is 0.300. The lowest BCUT2D eigenvalue weighted by atomic mass is 10.2. The molecule has 0 saturated heterocycles. The Morgan fingerprint density at radius 1 is 0.696 bits per heavy atom. The number of nitrogens with zero attached hydrogens (tertiary/aromatic N) is 1. The number of hydrogen-bond donors (Lipinski definition) is 2. The standard InChI is InChI=1S/C14H11NO2.3C2H6/c16-11-6-4-10(5-7-11)15-9-8-12-13(15)2-1-3-14(12)17;3*1-2/h1-9,16-17H;3*1-2H3. The van der Waals surface area contributed by atoms with Gasteiger partial charge in [-0.05, 0) is 42.5 Å². The molecule has 1 heterocycles. The van der Waals surface area contributed by atoms with Gasteiger partial charge >= 0.3 is 0 Å². The number of aromatic nitrogens is 1. The summed E-state index contributed by atoms with van der Waals surface area (Å²) in [5.41, 5.74) is 1.89. The lowest BCUT2D eigenvalue weighted by Crippen LogP contribution is -1.90. The second kappa shape index (κ2) is 11.2. The van der Waals surface area contributed by atoms with Gasteiger partial charge in [0.25, 0.3) is 0 Å². The summed E-state index contributed by atoms with van der Waals surface area (Å²) in [7, 11) is 0. The van der Waals surface area contributed by atoms with Crippen molar-refractivity contribution in [3.05, 3.63) is 54.7 Å². The summed E-state index contributed by atoms with van der Waals surface area (Å²) >= 11 is 0. The highest BCUT2D eigenvalue weighted by Crippen LogP contribution is 2.27. The molecule has 0 unspecified atom stereocenters. The predicted molar refractivity (Wildman–Crippen MR) is 101 cm³/mol. The monoisotopic (exact) mass is 315 g/mol. The minimum Gasteiger partial charge on any atom is -0.508 e. The van der Waals surface area contributed by atoms with Gasteiger partial charge in [-0.25, -0.2) is 0 Å². The van der Waals surface area contributed by atoms with Crippen LogP contribution in [0.15, 0.2) is 54.7 Å². The van der Waals surface area contributed by atoms with Crippen molar-refractivity contribution in [2.75, 3.05) is 0 Å². The van der Waals surface area contributed by atoms with Crippen molar-refractivity contribution < 1.29 is 10.2 Å². The molecule has 0 spiro atoms. The third-order valence-electron chi connectivity index (χ3n) is 2.84. The fourth-order valence-corrected chi connectivity index (χ4v) is 1.99. The smallest absolute Gasteiger partial charge is 0.124 e. The molecular weight excluding hydrogens is 286 g/mol. The molecule has 2 N–H and O–H groups in total. The van der Waals surface area contributed by atoms with Gasteiger partial charge in [-0.3, -0.25) is 0 Å². The number of phenols is 2. The van der Waals surface area contributed by atoms with Gasteiger partial charge in [-0.15, -0.1) is 0 Å². The molecule has 0 aliphatic carbocycles. The topological polar surface area (TPSA) is 45.4 Å². The Labute approximate surface area is 139 Å². The van der Waals surface area contributed by atoms with Gasteiger partial charge in [-0.1, -0.05) is 47.6 Å². The van der Waals surface area contributed by atoms with Crippen molar-refractivity contribution in [3.63, 3.8) is 0 Å². The van der Waals surface area contributed by atoms with Crippen LogP contribution >= 0.6 is 0 Å². The van der Waals surface area contributed by atoms with Crippen LogP contribution < -0.4 is 0 Å². The van der Waals surface area contributed by atoms with Crippen LogP contribution in [0.3, 0.4) is 0 Å². The van der Waals surface area contributed by atoms with Gasteiger partial charge in [0, 0.05) is 17.3 Å². The molecule has 3 aromatic rings. The normalized spacial score (nSPS) is 8.78. The Kier molecular flexibility index (Phi) is 10.0. The number of hydrogen-bond acceptors (Lipinski definition) is 2. The van der Waals surface area contributed by atoms with Crippen molar-refractivity contribution in [3.8, 4) is 17.2 Å². The summed E-state index contributed by atoms with van der Waals surface area (Å²) in [6.07, 6.45) is 1.90. The number of benzene rings is 2. The fourth-order valence-electron chi connectivity index (χ4n) is 1.99. The molecule has 0 radical (unpaired) electrons. The molecule has 1 aromatic heterocycles. The second-order valence-corrected chi connectivity index (χ2v) is 3.91. The van der Waals surface area contributed by atoms with E-state index in [-0.39, 0.29) is 11.5 Å². The van der Waals surface area contributed by atoms with Crippen LogP contribution in [-0.2, 0) is 0 Å². The Morgan fingerprint density at radius 2 is 1.26 bits per heavy atom. The highest BCUT2D eigenvalue weighted by atomic mass is 16.3. The molecule has 3 rings (SSSR count). The summed E-state index contributed by atoms with van der Waals surface area (Å²) < 4.78 is 1.97. The van der Waals surface area contributed by atoms with Crippen molar-refractivity contribution in [1.29, 1.82) is 0 Å². The maximum Gasteiger partial charge on any atom is 0.124 e. The number of rotatable bonds is 1. The van der Waals surface area contributed by atoms with Gasteiger partial charge in [0.05, 0.1) is 5.52 Å². The zero-order chi connectivity index (χ0) is 17.8. The molecule has 3 heteroatoms. The van der Waals surface area contributed by atoms with Gasteiger partial charge in [-0.2, -0.15) is 0 Å². The lowest BCUT2D eigenvalue weighted by Gasteiger charge is -2.05. The van der Waals surface area contributed by atoms with E-state index in [0.29, 0.717) is 0 Å². The van der Waals surface area contributed by atoms with Crippen molar-refractivity contribution in [2.24, 2.45) is 0 Å². The Morgan fingerprint density at radius 3 is 1.83 bits per heavy atom. The minimum absolute atomic E-state index is 0.244. The first kappa shape index (κ1) is 20.6. The van der Waals surface area contributed by atoms with Gasteiger partial charge < -0.3 is 14.8 Å².